The molecule has 2 aromatic rings. The van der Waals surface area contributed by atoms with Crippen LogP contribution in [0.25, 0.3) is 0 Å². The molecule has 1 saturated heterocycles. The van der Waals surface area contributed by atoms with Crippen molar-refractivity contribution in [2.75, 3.05) is 6.54 Å². The smallest absolute Gasteiger partial charge is 0.326 e. The number of carboxylic acid groups (broad SMARTS) is 1. The van der Waals surface area contributed by atoms with E-state index < -0.39 is 37.3 Å². The maximum Gasteiger partial charge on any atom is 0.326 e. The molecule has 0 radical (unpaired) electrons. The highest BCUT2D eigenvalue weighted by molar-refractivity contribution is 7.60. The van der Waals surface area contributed by atoms with E-state index in [0.717, 1.165) is 11.1 Å². The monoisotopic (exact) mass is 527 g/mol. The van der Waals surface area contributed by atoms with E-state index in [0.29, 0.717) is 38.1 Å². The van der Waals surface area contributed by atoms with Gasteiger partial charge in [0.1, 0.15) is 12.1 Å². The highest BCUT2D eigenvalue weighted by Crippen LogP contribution is 2.49. The van der Waals surface area contributed by atoms with Crippen LogP contribution in [0.2, 0.25) is 0 Å². The molecule has 0 spiro atoms. The second kappa shape index (κ2) is 13.0. The molecule has 0 bridgehead atoms. The summed E-state index contributed by atoms with van der Waals surface area (Å²) in [6.07, 6.45) is 2.00. The molecule has 1 fully saturated rings. The van der Waals surface area contributed by atoms with Gasteiger partial charge in [-0.1, -0.05) is 74.5 Å². The second-order valence-electron chi connectivity index (χ2n) is 10.2. The van der Waals surface area contributed by atoms with Gasteiger partial charge in [0.2, 0.25) is 11.8 Å². The van der Waals surface area contributed by atoms with Crippen molar-refractivity contribution < 1.29 is 24.1 Å². The molecule has 37 heavy (non-hydrogen) atoms. The Balaban J connectivity index is 1.74. The van der Waals surface area contributed by atoms with E-state index in [9.17, 15) is 24.1 Å². The summed E-state index contributed by atoms with van der Waals surface area (Å²) in [7, 11) is -3.08. The minimum absolute atomic E-state index is 0.0929. The molecule has 0 aromatic heterocycles. The summed E-state index contributed by atoms with van der Waals surface area (Å²) in [5.74, 6) is -1.76. The predicted molar refractivity (Wildman–Crippen MR) is 144 cm³/mol. The Kier molecular flexibility index (Phi) is 10.1. The van der Waals surface area contributed by atoms with E-state index >= 15 is 0 Å². The van der Waals surface area contributed by atoms with Crippen molar-refractivity contribution in [3.63, 3.8) is 0 Å². The predicted octanol–water partition coefficient (Wildman–Crippen LogP) is 4.25. The minimum Gasteiger partial charge on any atom is -0.480 e. The summed E-state index contributed by atoms with van der Waals surface area (Å²) in [4.78, 5) is 39.6. The van der Waals surface area contributed by atoms with Gasteiger partial charge in [-0.2, -0.15) is 0 Å². The fourth-order valence-corrected chi connectivity index (χ4v) is 7.54. The molecule has 0 saturated carbocycles. The van der Waals surface area contributed by atoms with Crippen molar-refractivity contribution >= 4 is 25.1 Å². The van der Waals surface area contributed by atoms with Crippen molar-refractivity contribution in [2.45, 2.75) is 70.5 Å². The third-order valence-electron chi connectivity index (χ3n) is 6.52. The zero-order valence-corrected chi connectivity index (χ0v) is 22.7. The molecular weight excluding hydrogens is 489 g/mol. The quantitative estimate of drug-likeness (QED) is 0.356. The molecule has 2 amide bonds. The first kappa shape index (κ1) is 28.6. The lowest BCUT2D eigenvalue weighted by atomic mass is 10.0. The maximum atomic E-state index is 14.2. The number of carbonyl (C=O) groups is 3. The molecular formula is C28H38N3O5P. The lowest BCUT2D eigenvalue weighted by Crippen LogP contribution is -2.54. The Hall–Kier alpha value is -2.96. The van der Waals surface area contributed by atoms with E-state index in [-0.39, 0.29) is 11.8 Å². The van der Waals surface area contributed by atoms with Crippen molar-refractivity contribution in [3.8, 4) is 0 Å². The number of nitrogens with zero attached hydrogens (tertiary/aromatic N) is 1. The Morgan fingerprint density at radius 1 is 0.973 bits per heavy atom. The van der Waals surface area contributed by atoms with Crippen molar-refractivity contribution in [3.05, 3.63) is 71.8 Å². The first-order valence-corrected chi connectivity index (χ1v) is 14.9. The maximum absolute atomic E-state index is 14.2. The lowest BCUT2D eigenvalue weighted by Gasteiger charge is -2.30. The molecule has 3 atom stereocenters. The van der Waals surface area contributed by atoms with Crippen LogP contribution in [0.5, 0.6) is 0 Å². The van der Waals surface area contributed by atoms with E-state index in [4.69, 9.17) is 0 Å². The summed E-state index contributed by atoms with van der Waals surface area (Å²) in [6.45, 7) is 5.86. The van der Waals surface area contributed by atoms with Crippen LogP contribution in [-0.4, -0.2) is 52.5 Å². The molecule has 0 aliphatic carbocycles. The van der Waals surface area contributed by atoms with Gasteiger partial charge in [0, 0.05) is 18.9 Å². The number of hydrogen-bond donors (Lipinski definition) is 3. The van der Waals surface area contributed by atoms with E-state index in [1.807, 2.05) is 74.5 Å². The SMILES string of the molecule is CC(C)C[C@H](NC(=O)[C@@H]1CCCN1C(=O)[C@H](C)NP(=O)(Cc1ccccc1)Cc1ccccc1)C(=O)O. The number of carbonyl (C=O) groups excluding carboxylic acids is 2. The average Bonchev–Trinajstić information content (AvgIpc) is 3.34. The fourth-order valence-electron chi connectivity index (χ4n) is 4.82. The van der Waals surface area contributed by atoms with Gasteiger partial charge in [0.25, 0.3) is 0 Å². The molecule has 3 N–H and O–H groups in total. The van der Waals surface area contributed by atoms with Crippen LogP contribution in [0.15, 0.2) is 60.7 Å². The van der Waals surface area contributed by atoms with Crippen molar-refractivity contribution in [1.29, 1.82) is 0 Å². The van der Waals surface area contributed by atoms with Gasteiger partial charge in [-0.05, 0) is 43.2 Å². The summed E-state index contributed by atoms with van der Waals surface area (Å²) in [6, 6.07) is 16.5. The number of carboxylic acids is 1. The highest BCUT2D eigenvalue weighted by atomic mass is 31.2. The number of benzene rings is 2. The van der Waals surface area contributed by atoms with Gasteiger partial charge in [-0.15, -0.1) is 0 Å². The third kappa shape index (κ3) is 8.27. The third-order valence-corrected chi connectivity index (χ3v) is 9.13. The summed E-state index contributed by atoms with van der Waals surface area (Å²) >= 11 is 0. The molecule has 200 valence electrons. The molecule has 0 unspecified atom stereocenters. The van der Waals surface area contributed by atoms with Gasteiger partial charge >= 0.3 is 5.97 Å². The Labute approximate surface area is 219 Å². The zero-order chi connectivity index (χ0) is 27.0. The molecule has 3 rings (SSSR count). The normalized spacial score (nSPS) is 17.4. The number of amides is 2. The number of aliphatic carboxylic acids is 1. The van der Waals surface area contributed by atoms with Crippen LogP contribution in [0.1, 0.15) is 51.2 Å². The molecule has 8 nitrogen and oxygen atoms in total. The van der Waals surface area contributed by atoms with E-state index in [1.54, 1.807) is 6.92 Å². The summed E-state index contributed by atoms with van der Waals surface area (Å²) in [5, 5.41) is 15.3. The van der Waals surface area contributed by atoms with Gasteiger partial charge < -0.3 is 19.9 Å². The van der Waals surface area contributed by atoms with Gasteiger partial charge in [-0.3, -0.25) is 14.7 Å². The van der Waals surface area contributed by atoms with Gasteiger partial charge in [-0.25, -0.2) is 4.79 Å². The van der Waals surface area contributed by atoms with E-state index in [1.165, 1.54) is 4.90 Å². The largest absolute Gasteiger partial charge is 0.480 e. The van der Waals surface area contributed by atoms with Crippen LogP contribution in [0.3, 0.4) is 0 Å². The fraction of sp³-hybridized carbons (Fsp3) is 0.464. The van der Waals surface area contributed by atoms with Crippen LogP contribution in [0.4, 0.5) is 0 Å². The molecule has 2 aromatic carbocycles. The first-order valence-electron chi connectivity index (χ1n) is 12.9. The van der Waals surface area contributed by atoms with Crippen molar-refractivity contribution in [1.82, 2.24) is 15.3 Å². The number of rotatable bonds is 12. The van der Waals surface area contributed by atoms with Crippen LogP contribution < -0.4 is 10.4 Å². The topological polar surface area (TPSA) is 116 Å². The second-order valence-corrected chi connectivity index (χ2v) is 12.9. The minimum atomic E-state index is -3.08. The standard InChI is InChI=1S/C28H38N3O5P/c1-20(2)17-24(28(34)35)29-26(32)25-15-10-16-31(25)27(33)21(3)30-37(36,18-22-11-6-4-7-12-22)19-23-13-8-5-9-14-23/h4-9,11-14,20-21,24-25H,10,15-19H2,1-3H3,(H,29,32)(H,30,36)(H,34,35)/t21-,24-,25-/m0/s1. The van der Waals surface area contributed by atoms with E-state index in [2.05, 4.69) is 10.4 Å². The van der Waals surface area contributed by atoms with Crippen LogP contribution in [-0.2, 0) is 31.3 Å². The lowest BCUT2D eigenvalue weighted by molar-refractivity contribution is -0.144. The van der Waals surface area contributed by atoms with Gasteiger partial charge in [0.05, 0.1) is 6.04 Å². The first-order chi connectivity index (χ1) is 17.6. The Morgan fingerprint density at radius 2 is 1.51 bits per heavy atom. The molecule has 1 heterocycles. The van der Waals surface area contributed by atoms with Crippen molar-refractivity contribution in [2.24, 2.45) is 5.92 Å². The van der Waals surface area contributed by atoms with Crippen LogP contribution >= 0.6 is 7.29 Å². The van der Waals surface area contributed by atoms with Crippen LogP contribution in [0, 0.1) is 5.92 Å². The molecule has 9 heteroatoms. The Morgan fingerprint density at radius 3 is 2.00 bits per heavy atom. The number of hydrogen-bond acceptors (Lipinski definition) is 4. The number of likely N-dealkylation sites (tertiary alicyclic amines) is 1. The average molecular weight is 528 g/mol. The number of nitrogens with one attached hydrogen (secondary N) is 2. The summed E-state index contributed by atoms with van der Waals surface area (Å²) < 4.78 is 14.2. The highest BCUT2D eigenvalue weighted by Gasteiger charge is 2.39. The zero-order valence-electron chi connectivity index (χ0n) is 21.8. The van der Waals surface area contributed by atoms with Gasteiger partial charge in [0.15, 0.2) is 7.29 Å². The Bertz CT molecular complexity index is 1060. The summed E-state index contributed by atoms with van der Waals surface area (Å²) in [5.41, 5.74) is 1.83. The molecule has 1 aliphatic heterocycles. The molecule has 1 aliphatic rings.